The van der Waals surface area contributed by atoms with Gasteiger partial charge < -0.3 is 4.90 Å². The molecule has 2 aliphatic rings. The van der Waals surface area contributed by atoms with Gasteiger partial charge in [0.2, 0.25) is 5.91 Å². The molecule has 1 aliphatic heterocycles. The van der Waals surface area contributed by atoms with E-state index < -0.39 is 0 Å². The van der Waals surface area contributed by atoms with E-state index in [1.165, 1.54) is 32.1 Å². The largest absolute Gasteiger partial charge is 0.338 e. The summed E-state index contributed by atoms with van der Waals surface area (Å²) in [6.45, 7) is 2.01. The second-order valence-electron chi connectivity index (χ2n) is 6.91. The van der Waals surface area contributed by atoms with Gasteiger partial charge in [-0.15, -0.1) is 5.10 Å². The molecule has 4 rings (SSSR count). The predicted octanol–water partition coefficient (Wildman–Crippen LogP) is 1.27. The molecule has 24 heavy (non-hydrogen) atoms. The van der Waals surface area contributed by atoms with Crippen molar-refractivity contribution < 1.29 is 4.79 Å². The summed E-state index contributed by atoms with van der Waals surface area (Å²) in [5.41, 5.74) is 0.832. The minimum atomic E-state index is 0.243. The molecule has 0 N–H and O–H groups in total. The van der Waals surface area contributed by atoms with Gasteiger partial charge in [0.15, 0.2) is 0 Å². The van der Waals surface area contributed by atoms with Gasteiger partial charge in [-0.3, -0.25) is 4.79 Å². The van der Waals surface area contributed by atoms with Gasteiger partial charge >= 0.3 is 0 Å². The lowest BCUT2D eigenvalue weighted by molar-refractivity contribution is -0.138. The monoisotopic (exact) mass is 329 g/mol. The molecule has 8 nitrogen and oxygen atoms in total. The van der Waals surface area contributed by atoms with Crippen LogP contribution in [0.2, 0.25) is 0 Å². The minimum absolute atomic E-state index is 0.243. The zero-order valence-electron chi connectivity index (χ0n) is 13.8. The fraction of sp³-hybridized carbons (Fsp3) is 0.688. The molecule has 0 atom stereocenters. The first-order valence-corrected chi connectivity index (χ1v) is 8.80. The van der Waals surface area contributed by atoms with Crippen LogP contribution >= 0.6 is 0 Å². The summed E-state index contributed by atoms with van der Waals surface area (Å²) >= 11 is 0. The second-order valence-corrected chi connectivity index (χ2v) is 6.91. The third-order valence-electron chi connectivity index (χ3n) is 5.10. The summed E-state index contributed by atoms with van der Waals surface area (Å²) in [5, 5.41) is 16.5. The predicted molar refractivity (Wildman–Crippen MR) is 86.0 cm³/mol. The summed E-state index contributed by atoms with van der Waals surface area (Å²) in [6, 6.07) is 0.243. The van der Waals surface area contributed by atoms with Gasteiger partial charge in [-0.2, -0.15) is 15.0 Å². The second kappa shape index (κ2) is 6.70. The molecule has 0 radical (unpaired) electrons. The van der Waals surface area contributed by atoms with Crippen LogP contribution in [0.4, 0.5) is 0 Å². The highest BCUT2D eigenvalue weighted by Crippen LogP contribution is 2.29. The molecular formula is C16H23N7O. The van der Waals surface area contributed by atoms with Crippen molar-refractivity contribution in [1.82, 2.24) is 34.9 Å². The van der Waals surface area contributed by atoms with Crippen LogP contribution in [0.1, 0.15) is 50.3 Å². The van der Waals surface area contributed by atoms with E-state index in [1.807, 2.05) is 15.8 Å². The summed E-state index contributed by atoms with van der Waals surface area (Å²) < 4.78 is 1.86. The summed E-state index contributed by atoms with van der Waals surface area (Å²) in [5.74, 6) is 0.907. The lowest BCUT2D eigenvalue weighted by Crippen LogP contribution is -2.51. The normalized spacial score (nSPS) is 19.4. The molecule has 8 heteroatoms. The summed E-state index contributed by atoms with van der Waals surface area (Å²) in [7, 11) is 0. The Morgan fingerprint density at radius 1 is 1.12 bits per heavy atom. The molecule has 0 spiro atoms. The van der Waals surface area contributed by atoms with E-state index in [-0.39, 0.29) is 6.04 Å². The van der Waals surface area contributed by atoms with E-state index in [1.54, 1.807) is 17.2 Å². The van der Waals surface area contributed by atoms with Crippen molar-refractivity contribution in [1.29, 1.82) is 0 Å². The third-order valence-corrected chi connectivity index (χ3v) is 5.10. The molecule has 1 saturated carbocycles. The summed E-state index contributed by atoms with van der Waals surface area (Å²) in [4.78, 5) is 15.9. The zero-order valence-corrected chi connectivity index (χ0v) is 13.8. The lowest BCUT2D eigenvalue weighted by Gasteiger charge is -2.39. The molecule has 0 unspecified atom stereocenters. The van der Waals surface area contributed by atoms with Crippen LogP contribution in [-0.2, 0) is 11.3 Å². The molecule has 1 aliphatic carbocycles. The smallest absolute Gasteiger partial charge is 0.222 e. The molecule has 1 amide bonds. The topological polar surface area (TPSA) is 81.7 Å². The highest BCUT2D eigenvalue weighted by molar-refractivity contribution is 5.77. The van der Waals surface area contributed by atoms with Crippen LogP contribution in [0.3, 0.4) is 0 Å². The van der Waals surface area contributed by atoms with Gasteiger partial charge in [0, 0.05) is 19.5 Å². The maximum absolute atomic E-state index is 12.3. The average molecular weight is 329 g/mol. The number of carbonyl (C=O) groups is 1. The Kier molecular flexibility index (Phi) is 4.27. The van der Waals surface area contributed by atoms with Crippen molar-refractivity contribution in [2.24, 2.45) is 5.92 Å². The van der Waals surface area contributed by atoms with Crippen molar-refractivity contribution in [2.75, 3.05) is 13.1 Å². The van der Waals surface area contributed by atoms with Crippen molar-refractivity contribution in [2.45, 2.75) is 51.1 Å². The number of rotatable bonds is 5. The SMILES string of the molecule is O=C(CC1CCCCC1)N1CC(n2cc(Cn3nccn3)nn2)C1. The molecule has 2 aromatic rings. The van der Waals surface area contributed by atoms with Crippen molar-refractivity contribution in [3.63, 3.8) is 0 Å². The molecule has 2 fully saturated rings. The first-order valence-electron chi connectivity index (χ1n) is 8.80. The quantitative estimate of drug-likeness (QED) is 0.825. The van der Waals surface area contributed by atoms with Gasteiger partial charge in [-0.1, -0.05) is 24.5 Å². The first-order chi connectivity index (χ1) is 11.8. The van der Waals surface area contributed by atoms with Gasteiger partial charge in [0.1, 0.15) is 12.2 Å². The Bertz CT molecular complexity index is 668. The first kappa shape index (κ1) is 15.3. The van der Waals surface area contributed by atoms with Crippen LogP contribution in [-0.4, -0.2) is 53.9 Å². The van der Waals surface area contributed by atoms with Crippen molar-refractivity contribution >= 4 is 5.91 Å². The highest BCUT2D eigenvalue weighted by Gasteiger charge is 2.33. The fourth-order valence-electron chi connectivity index (χ4n) is 3.63. The van der Waals surface area contributed by atoms with Gasteiger partial charge in [0.05, 0.1) is 24.6 Å². The van der Waals surface area contributed by atoms with Crippen LogP contribution in [0.25, 0.3) is 0 Å². The van der Waals surface area contributed by atoms with Crippen molar-refractivity contribution in [3.8, 4) is 0 Å². The number of hydrogen-bond donors (Lipinski definition) is 0. The molecule has 3 heterocycles. The van der Waals surface area contributed by atoms with Gasteiger partial charge in [0.25, 0.3) is 0 Å². The Morgan fingerprint density at radius 2 is 1.88 bits per heavy atom. The number of hydrogen-bond acceptors (Lipinski definition) is 5. The van der Waals surface area contributed by atoms with Crippen LogP contribution < -0.4 is 0 Å². The van der Waals surface area contributed by atoms with Gasteiger partial charge in [-0.25, -0.2) is 4.68 Å². The maximum atomic E-state index is 12.3. The van der Waals surface area contributed by atoms with E-state index in [0.717, 1.165) is 25.2 Å². The average Bonchev–Trinajstić information content (AvgIpc) is 3.20. The number of likely N-dealkylation sites (tertiary alicyclic amines) is 1. The molecule has 2 aromatic heterocycles. The molecule has 0 aromatic carbocycles. The maximum Gasteiger partial charge on any atom is 0.222 e. The number of nitrogens with zero attached hydrogens (tertiary/aromatic N) is 7. The van der Waals surface area contributed by atoms with E-state index >= 15 is 0 Å². The van der Waals surface area contributed by atoms with E-state index in [2.05, 4.69) is 20.5 Å². The standard InChI is InChI=1S/C16H23N7O/c24-16(8-13-4-2-1-3-5-13)21-11-15(12-21)22-9-14(19-20-22)10-23-17-6-7-18-23/h6-7,9,13,15H,1-5,8,10-12H2. The number of aromatic nitrogens is 6. The molecular weight excluding hydrogens is 306 g/mol. The Morgan fingerprint density at radius 3 is 2.62 bits per heavy atom. The van der Waals surface area contributed by atoms with Gasteiger partial charge in [-0.05, 0) is 18.8 Å². The zero-order chi connectivity index (χ0) is 16.4. The molecule has 128 valence electrons. The minimum Gasteiger partial charge on any atom is -0.338 e. The lowest BCUT2D eigenvalue weighted by atomic mass is 9.86. The Hall–Kier alpha value is -2.25. The Labute approximate surface area is 140 Å². The van der Waals surface area contributed by atoms with Crippen LogP contribution in [0.15, 0.2) is 18.6 Å². The number of amides is 1. The highest BCUT2D eigenvalue weighted by atomic mass is 16.2. The van der Waals surface area contributed by atoms with E-state index in [9.17, 15) is 4.79 Å². The van der Waals surface area contributed by atoms with Crippen LogP contribution in [0, 0.1) is 5.92 Å². The Balaban J connectivity index is 1.26. The molecule has 0 bridgehead atoms. The third kappa shape index (κ3) is 3.32. The number of carbonyl (C=O) groups excluding carboxylic acids is 1. The van der Waals surface area contributed by atoms with E-state index in [4.69, 9.17) is 0 Å². The summed E-state index contributed by atoms with van der Waals surface area (Å²) in [6.07, 6.45) is 12.3. The van der Waals surface area contributed by atoms with Crippen LogP contribution in [0.5, 0.6) is 0 Å². The fourth-order valence-corrected chi connectivity index (χ4v) is 3.63. The molecule has 1 saturated heterocycles. The van der Waals surface area contributed by atoms with Crippen molar-refractivity contribution in [3.05, 3.63) is 24.3 Å². The van der Waals surface area contributed by atoms with E-state index in [0.29, 0.717) is 18.4 Å².